The van der Waals surface area contributed by atoms with E-state index in [-0.39, 0.29) is 18.9 Å². The number of carbonyl (C=O) groups is 2. The number of thiol groups is 1. The summed E-state index contributed by atoms with van der Waals surface area (Å²) in [7, 11) is 1.59. The van der Waals surface area contributed by atoms with Crippen LogP contribution in [0.15, 0.2) is 41.3 Å². The SMILES string of the molecule is COc1cc2sc(CNC(=O)C3(CC(=O)O)Cc4ccccc4C3)nc2cc1S. The summed E-state index contributed by atoms with van der Waals surface area (Å²) < 4.78 is 6.23. The first-order valence-electron chi connectivity index (χ1n) is 9.13. The number of rotatable bonds is 6. The van der Waals surface area contributed by atoms with E-state index in [1.165, 1.54) is 11.3 Å². The van der Waals surface area contributed by atoms with Crippen LogP contribution in [0.4, 0.5) is 0 Å². The maximum Gasteiger partial charge on any atom is 0.304 e. The molecule has 0 saturated carbocycles. The van der Waals surface area contributed by atoms with Crippen LogP contribution in [0.2, 0.25) is 0 Å². The molecule has 1 heterocycles. The lowest BCUT2D eigenvalue weighted by molar-refractivity contribution is -0.145. The van der Waals surface area contributed by atoms with E-state index in [1.807, 2.05) is 36.4 Å². The Balaban J connectivity index is 1.53. The number of thiazole rings is 1. The molecule has 29 heavy (non-hydrogen) atoms. The van der Waals surface area contributed by atoms with Crippen molar-refractivity contribution in [2.45, 2.75) is 30.7 Å². The third-order valence-corrected chi connectivity index (χ3v) is 6.65. The van der Waals surface area contributed by atoms with Gasteiger partial charge in [0.05, 0.1) is 35.7 Å². The Morgan fingerprint density at radius 2 is 1.97 bits per heavy atom. The van der Waals surface area contributed by atoms with Gasteiger partial charge >= 0.3 is 5.97 Å². The number of aromatic nitrogens is 1. The Morgan fingerprint density at radius 1 is 1.28 bits per heavy atom. The molecule has 1 aliphatic rings. The van der Waals surface area contributed by atoms with E-state index < -0.39 is 11.4 Å². The van der Waals surface area contributed by atoms with Crippen molar-refractivity contribution in [2.24, 2.45) is 5.41 Å². The lowest BCUT2D eigenvalue weighted by Gasteiger charge is -2.25. The summed E-state index contributed by atoms with van der Waals surface area (Å²) in [5.41, 5.74) is 1.90. The van der Waals surface area contributed by atoms with Crippen LogP contribution in [0.3, 0.4) is 0 Å². The molecular formula is C21H20N2O4S2. The molecule has 1 aliphatic carbocycles. The molecule has 0 fully saturated rings. The first-order valence-corrected chi connectivity index (χ1v) is 10.4. The first kappa shape index (κ1) is 19.7. The number of nitrogens with one attached hydrogen (secondary N) is 1. The minimum absolute atomic E-state index is 0.201. The van der Waals surface area contributed by atoms with E-state index in [2.05, 4.69) is 22.9 Å². The molecule has 3 aromatic rings. The van der Waals surface area contributed by atoms with Crippen molar-refractivity contribution in [1.29, 1.82) is 0 Å². The van der Waals surface area contributed by atoms with Crippen molar-refractivity contribution >= 4 is 46.1 Å². The summed E-state index contributed by atoms with van der Waals surface area (Å²) in [6.45, 7) is 0.250. The van der Waals surface area contributed by atoms with Gasteiger partial charge in [-0.3, -0.25) is 9.59 Å². The van der Waals surface area contributed by atoms with E-state index in [1.54, 1.807) is 7.11 Å². The fourth-order valence-corrected chi connectivity index (χ4v) is 5.12. The van der Waals surface area contributed by atoms with Gasteiger partial charge in [0.15, 0.2) is 0 Å². The zero-order chi connectivity index (χ0) is 20.6. The van der Waals surface area contributed by atoms with Gasteiger partial charge in [0.2, 0.25) is 5.91 Å². The maximum absolute atomic E-state index is 13.1. The molecule has 1 amide bonds. The molecule has 0 saturated heterocycles. The Bertz CT molecular complexity index is 1080. The molecule has 2 aromatic carbocycles. The van der Waals surface area contributed by atoms with Gasteiger partial charge in [0.25, 0.3) is 0 Å². The summed E-state index contributed by atoms with van der Waals surface area (Å²) in [4.78, 5) is 29.8. The molecule has 6 nitrogen and oxygen atoms in total. The van der Waals surface area contributed by atoms with Crippen molar-refractivity contribution in [1.82, 2.24) is 10.3 Å². The number of methoxy groups -OCH3 is 1. The standard InChI is InChI=1S/C21H20N2O4S2/c1-27-15-7-17-14(6-16(15)28)23-18(29-17)11-22-20(26)21(10-19(24)25)8-12-4-2-3-5-13(12)9-21/h2-7,28H,8-11H2,1H3,(H,22,26)(H,24,25). The molecular weight excluding hydrogens is 408 g/mol. The third kappa shape index (κ3) is 3.82. The fraction of sp³-hybridized carbons (Fsp3) is 0.286. The number of aliphatic carboxylic acids is 1. The minimum atomic E-state index is -0.971. The van der Waals surface area contributed by atoms with Gasteiger partial charge < -0.3 is 15.2 Å². The second-order valence-electron chi connectivity index (χ2n) is 7.26. The van der Waals surface area contributed by atoms with Crippen LogP contribution in [0.25, 0.3) is 10.2 Å². The highest BCUT2D eigenvalue weighted by Crippen LogP contribution is 2.40. The van der Waals surface area contributed by atoms with Gasteiger partial charge in [-0.2, -0.15) is 0 Å². The molecule has 0 unspecified atom stereocenters. The largest absolute Gasteiger partial charge is 0.496 e. The number of nitrogens with zero attached hydrogens (tertiary/aromatic N) is 1. The fourth-order valence-electron chi connectivity index (χ4n) is 3.92. The smallest absolute Gasteiger partial charge is 0.304 e. The molecule has 0 aliphatic heterocycles. The summed E-state index contributed by atoms with van der Waals surface area (Å²) in [5, 5.41) is 13.1. The zero-order valence-corrected chi connectivity index (χ0v) is 17.5. The van der Waals surface area contributed by atoms with Crippen LogP contribution in [0, 0.1) is 5.41 Å². The number of hydrogen-bond donors (Lipinski definition) is 3. The van der Waals surface area contributed by atoms with Crippen molar-refractivity contribution in [3.8, 4) is 5.75 Å². The number of amides is 1. The molecule has 8 heteroatoms. The summed E-state index contributed by atoms with van der Waals surface area (Å²) in [6.07, 6.45) is 0.663. The van der Waals surface area contributed by atoms with Crippen molar-refractivity contribution in [2.75, 3.05) is 7.11 Å². The van der Waals surface area contributed by atoms with Crippen molar-refractivity contribution < 1.29 is 19.4 Å². The number of fused-ring (bicyclic) bond motifs is 2. The van der Waals surface area contributed by atoms with Gasteiger partial charge in [0, 0.05) is 11.0 Å². The highest BCUT2D eigenvalue weighted by molar-refractivity contribution is 7.80. The normalized spacial score (nSPS) is 14.6. The minimum Gasteiger partial charge on any atom is -0.496 e. The summed E-state index contributed by atoms with van der Waals surface area (Å²) in [5.74, 6) is -0.548. The van der Waals surface area contributed by atoms with Crippen LogP contribution in [-0.2, 0) is 29.0 Å². The van der Waals surface area contributed by atoms with Gasteiger partial charge in [-0.15, -0.1) is 24.0 Å². The summed E-state index contributed by atoms with van der Waals surface area (Å²) in [6, 6.07) is 11.5. The number of carbonyl (C=O) groups excluding carboxylic acids is 1. The molecule has 0 radical (unpaired) electrons. The Morgan fingerprint density at radius 3 is 2.59 bits per heavy atom. The van der Waals surface area contributed by atoms with Crippen molar-refractivity contribution in [3.63, 3.8) is 0 Å². The highest BCUT2D eigenvalue weighted by Gasteiger charge is 2.45. The van der Waals surface area contributed by atoms with Gasteiger partial charge in [-0.05, 0) is 30.0 Å². The molecule has 2 N–H and O–H groups in total. The predicted molar refractivity (Wildman–Crippen MR) is 114 cm³/mol. The zero-order valence-electron chi connectivity index (χ0n) is 15.8. The second kappa shape index (κ2) is 7.68. The second-order valence-corrected chi connectivity index (χ2v) is 8.85. The van der Waals surface area contributed by atoms with Gasteiger partial charge in [-0.25, -0.2) is 4.98 Å². The predicted octanol–water partition coefficient (Wildman–Crippen LogP) is 3.47. The number of ether oxygens (including phenoxy) is 1. The average Bonchev–Trinajstić information content (AvgIpc) is 3.25. The maximum atomic E-state index is 13.1. The number of benzene rings is 2. The van der Waals surface area contributed by atoms with E-state index in [9.17, 15) is 14.7 Å². The van der Waals surface area contributed by atoms with Crippen LogP contribution in [0.5, 0.6) is 5.75 Å². The Kier molecular flexibility index (Phi) is 5.23. The quantitative estimate of drug-likeness (QED) is 0.523. The molecule has 150 valence electrons. The lowest BCUT2D eigenvalue weighted by Crippen LogP contribution is -2.43. The number of carboxylic acid groups (broad SMARTS) is 1. The Hall–Kier alpha value is -2.58. The van der Waals surface area contributed by atoms with Crippen molar-refractivity contribution in [3.05, 3.63) is 52.5 Å². The molecule has 1 aromatic heterocycles. The Labute approximate surface area is 177 Å². The van der Waals surface area contributed by atoms with E-state index in [0.717, 1.165) is 26.4 Å². The van der Waals surface area contributed by atoms with E-state index >= 15 is 0 Å². The van der Waals surface area contributed by atoms with Crippen LogP contribution in [0.1, 0.15) is 22.6 Å². The van der Waals surface area contributed by atoms with Crippen LogP contribution in [-0.4, -0.2) is 29.1 Å². The van der Waals surface area contributed by atoms with Gasteiger partial charge in [0.1, 0.15) is 10.8 Å². The number of hydrogen-bond acceptors (Lipinski definition) is 6. The topological polar surface area (TPSA) is 88.5 Å². The highest BCUT2D eigenvalue weighted by atomic mass is 32.1. The third-order valence-electron chi connectivity index (χ3n) is 5.28. The molecule has 4 rings (SSSR count). The molecule has 0 spiro atoms. The average molecular weight is 429 g/mol. The number of carboxylic acids is 1. The molecule has 0 bridgehead atoms. The monoisotopic (exact) mass is 428 g/mol. The van der Waals surface area contributed by atoms with Crippen LogP contribution >= 0.6 is 24.0 Å². The first-order chi connectivity index (χ1) is 13.9. The molecule has 0 atom stereocenters. The van der Waals surface area contributed by atoms with Crippen LogP contribution < -0.4 is 10.1 Å². The van der Waals surface area contributed by atoms with Gasteiger partial charge in [-0.1, -0.05) is 24.3 Å². The summed E-state index contributed by atoms with van der Waals surface area (Å²) >= 11 is 5.85. The lowest BCUT2D eigenvalue weighted by atomic mass is 9.80. The van der Waals surface area contributed by atoms with E-state index in [4.69, 9.17) is 4.74 Å². The van der Waals surface area contributed by atoms with E-state index in [0.29, 0.717) is 23.5 Å².